The van der Waals surface area contributed by atoms with Gasteiger partial charge < -0.3 is 19.5 Å². The first-order valence-corrected chi connectivity index (χ1v) is 10.2. The van der Waals surface area contributed by atoms with Crippen molar-refractivity contribution in [1.29, 1.82) is 0 Å². The number of anilines is 1. The number of benzene rings is 2. The second-order valence-electron chi connectivity index (χ2n) is 7.04. The molecule has 0 aliphatic heterocycles. The molecule has 158 valence electrons. The van der Waals surface area contributed by atoms with E-state index in [9.17, 15) is 4.79 Å². The van der Waals surface area contributed by atoms with Gasteiger partial charge in [-0.25, -0.2) is 4.79 Å². The summed E-state index contributed by atoms with van der Waals surface area (Å²) in [5.74, 6) is 1.71. The third-order valence-electron chi connectivity index (χ3n) is 4.84. The summed E-state index contributed by atoms with van der Waals surface area (Å²) >= 11 is 0. The van der Waals surface area contributed by atoms with Crippen molar-refractivity contribution in [3.63, 3.8) is 0 Å². The van der Waals surface area contributed by atoms with Gasteiger partial charge in [0.2, 0.25) is 0 Å². The molecule has 0 saturated carbocycles. The Hall–Kier alpha value is -3.35. The lowest BCUT2D eigenvalue weighted by atomic mass is 10.1. The molecule has 30 heavy (non-hydrogen) atoms. The number of amides is 2. The van der Waals surface area contributed by atoms with Crippen molar-refractivity contribution in [2.45, 2.75) is 39.7 Å². The lowest BCUT2D eigenvalue weighted by Crippen LogP contribution is -2.33. The topological polar surface area (TPSA) is 80.5 Å². The Kier molecular flexibility index (Phi) is 7.43. The Morgan fingerprint density at radius 1 is 1.03 bits per heavy atom. The third kappa shape index (κ3) is 6.07. The number of rotatable bonds is 9. The van der Waals surface area contributed by atoms with E-state index in [2.05, 4.69) is 29.3 Å². The van der Waals surface area contributed by atoms with Crippen molar-refractivity contribution >= 4 is 11.7 Å². The van der Waals surface area contributed by atoms with E-state index >= 15 is 0 Å². The Balaban J connectivity index is 1.43. The summed E-state index contributed by atoms with van der Waals surface area (Å²) in [5, 5.41) is 6.85. The van der Waals surface area contributed by atoms with Crippen molar-refractivity contribution in [2.24, 2.45) is 0 Å². The van der Waals surface area contributed by atoms with E-state index in [-0.39, 0.29) is 12.6 Å². The Morgan fingerprint density at radius 2 is 1.67 bits per heavy atom. The van der Waals surface area contributed by atoms with Gasteiger partial charge in [0, 0.05) is 25.7 Å². The van der Waals surface area contributed by atoms with Gasteiger partial charge in [0.25, 0.3) is 5.89 Å². The van der Waals surface area contributed by atoms with Crippen molar-refractivity contribution in [1.82, 2.24) is 15.0 Å². The van der Waals surface area contributed by atoms with Crippen LogP contribution in [-0.4, -0.2) is 34.7 Å². The average molecular weight is 409 g/mol. The first-order chi connectivity index (χ1) is 14.6. The third-order valence-corrected chi connectivity index (χ3v) is 4.84. The molecule has 3 rings (SSSR count). The van der Waals surface area contributed by atoms with Crippen LogP contribution in [0.3, 0.4) is 0 Å². The molecule has 0 fully saturated rings. The van der Waals surface area contributed by atoms with Crippen molar-refractivity contribution in [3.8, 4) is 5.75 Å². The number of likely N-dealkylation sites (N-methyl/N-ethyl adjacent to an activating group) is 1. The van der Waals surface area contributed by atoms with Crippen LogP contribution in [-0.2, 0) is 25.9 Å². The molecular weight excluding hydrogens is 380 g/mol. The quantitative estimate of drug-likeness (QED) is 0.565. The molecule has 7 nitrogen and oxygen atoms in total. The second kappa shape index (κ2) is 10.4. The molecule has 2 amide bonds. The Bertz CT molecular complexity index is 936. The van der Waals surface area contributed by atoms with Crippen molar-refractivity contribution in [2.75, 3.05) is 18.9 Å². The fourth-order valence-corrected chi connectivity index (χ4v) is 2.83. The first kappa shape index (κ1) is 21.4. The van der Waals surface area contributed by atoms with E-state index < -0.39 is 0 Å². The minimum atomic E-state index is -0.179. The van der Waals surface area contributed by atoms with Gasteiger partial charge in [-0.15, -0.1) is 0 Å². The van der Waals surface area contributed by atoms with Crippen molar-refractivity contribution < 1.29 is 14.1 Å². The molecule has 0 aliphatic carbocycles. The Labute approximate surface area is 177 Å². The number of nitrogens with one attached hydrogen (secondary N) is 1. The van der Waals surface area contributed by atoms with E-state index in [1.165, 1.54) is 11.1 Å². The molecule has 1 aromatic heterocycles. The SMILES string of the molecule is CCc1ccc(NC(=O)N(C)CCc2noc(COc3ccc(CC)cc3)n2)cc1. The maximum absolute atomic E-state index is 12.3. The average Bonchev–Trinajstić information content (AvgIpc) is 3.24. The number of carbonyl (C=O) groups is 1. The molecule has 1 heterocycles. The van der Waals surface area contributed by atoms with Crippen LogP contribution in [0.15, 0.2) is 53.1 Å². The predicted molar refractivity (Wildman–Crippen MR) is 116 cm³/mol. The molecule has 1 N–H and O–H groups in total. The standard InChI is InChI=1S/C23H28N4O3/c1-4-17-6-10-19(11-7-17)24-23(28)27(3)15-14-21-25-22(30-26-21)16-29-20-12-8-18(5-2)9-13-20/h6-13H,4-5,14-16H2,1-3H3,(H,24,28). The number of aromatic nitrogens is 2. The molecule has 0 spiro atoms. The van der Waals surface area contributed by atoms with E-state index in [4.69, 9.17) is 9.26 Å². The van der Waals surface area contributed by atoms with Gasteiger partial charge >= 0.3 is 6.03 Å². The van der Waals surface area contributed by atoms with Gasteiger partial charge in [0.1, 0.15) is 5.75 Å². The number of hydrogen-bond donors (Lipinski definition) is 1. The van der Waals surface area contributed by atoms with Crippen LogP contribution in [0.4, 0.5) is 10.5 Å². The number of urea groups is 1. The molecule has 0 saturated heterocycles. The van der Waals surface area contributed by atoms with Crippen LogP contribution in [0.2, 0.25) is 0 Å². The van der Waals surface area contributed by atoms with Crippen LogP contribution < -0.4 is 10.1 Å². The van der Waals surface area contributed by atoms with Gasteiger partial charge in [-0.1, -0.05) is 43.3 Å². The van der Waals surface area contributed by atoms with Gasteiger partial charge in [0.15, 0.2) is 12.4 Å². The predicted octanol–water partition coefficient (Wildman–Crippen LogP) is 4.48. The summed E-state index contributed by atoms with van der Waals surface area (Å²) in [6, 6.07) is 15.6. The fourth-order valence-electron chi connectivity index (χ4n) is 2.83. The van der Waals surface area contributed by atoms with E-state index in [1.54, 1.807) is 11.9 Å². The molecule has 7 heteroatoms. The smallest absolute Gasteiger partial charge is 0.321 e. The summed E-state index contributed by atoms with van der Waals surface area (Å²) in [4.78, 5) is 18.3. The highest BCUT2D eigenvalue weighted by Gasteiger charge is 2.12. The zero-order chi connectivity index (χ0) is 21.3. The largest absolute Gasteiger partial charge is 0.484 e. The maximum atomic E-state index is 12.3. The second-order valence-corrected chi connectivity index (χ2v) is 7.04. The zero-order valence-corrected chi connectivity index (χ0v) is 17.7. The molecule has 0 bridgehead atoms. The fraction of sp³-hybridized carbons (Fsp3) is 0.348. The number of nitrogens with zero attached hydrogens (tertiary/aromatic N) is 3. The zero-order valence-electron chi connectivity index (χ0n) is 17.7. The molecule has 0 atom stereocenters. The molecule has 0 aliphatic rings. The highest BCUT2D eigenvalue weighted by Crippen LogP contribution is 2.14. The van der Waals surface area contributed by atoms with Crippen LogP contribution in [0.25, 0.3) is 0 Å². The number of hydrogen-bond acceptors (Lipinski definition) is 5. The summed E-state index contributed by atoms with van der Waals surface area (Å²) in [6.07, 6.45) is 2.45. The van der Waals surface area contributed by atoms with Crippen LogP contribution in [0.5, 0.6) is 5.75 Å². The van der Waals surface area contributed by atoms with Crippen molar-refractivity contribution in [3.05, 3.63) is 71.4 Å². The highest BCUT2D eigenvalue weighted by atomic mass is 16.5. The van der Waals surface area contributed by atoms with Crippen LogP contribution in [0, 0.1) is 0 Å². The van der Waals surface area contributed by atoms with Gasteiger partial charge in [-0.3, -0.25) is 0 Å². The monoisotopic (exact) mass is 408 g/mol. The minimum absolute atomic E-state index is 0.179. The van der Waals surface area contributed by atoms with Gasteiger partial charge in [0.05, 0.1) is 0 Å². The lowest BCUT2D eigenvalue weighted by molar-refractivity contribution is 0.222. The summed E-state index contributed by atoms with van der Waals surface area (Å²) in [7, 11) is 1.74. The summed E-state index contributed by atoms with van der Waals surface area (Å²) in [6.45, 7) is 4.89. The number of carbonyl (C=O) groups excluding carboxylic acids is 1. The minimum Gasteiger partial charge on any atom is -0.484 e. The van der Waals surface area contributed by atoms with Crippen LogP contribution >= 0.6 is 0 Å². The molecule has 3 aromatic rings. The molecule has 0 radical (unpaired) electrons. The summed E-state index contributed by atoms with van der Waals surface area (Å²) < 4.78 is 10.9. The first-order valence-electron chi connectivity index (χ1n) is 10.2. The Morgan fingerprint density at radius 3 is 2.30 bits per heavy atom. The normalized spacial score (nSPS) is 10.6. The van der Waals surface area contributed by atoms with Gasteiger partial charge in [-0.05, 0) is 48.2 Å². The molecule has 2 aromatic carbocycles. The number of aryl methyl sites for hydroxylation is 2. The van der Waals surface area contributed by atoms with E-state index in [0.29, 0.717) is 24.7 Å². The van der Waals surface area contributed by atoms with E-state index in [1.807, 2.05) is 48.5 Å². The van der Waals surface area contributed by atoms with Gasteiger partial charge in [-0.2, -0.15) is 4.98 Å². The molecule has 0 unspecified atom stereocenters. The summed E-state index contributed by atoms with van der Waals surface area (Å²) in [5.41, 5.74) is 3.26. The van der Waals surface area contributed by atoms with E-state index in [0.717, 1.165) is 24.3 Å². The maximum Gasteiger partial charge on any atom is 0.321 e. The highest BCUT2D eigenvalue weighted by molar-refractivity contribution is 5.89. The molecular formula is C23H28N4O3. The number of ether oxygens (including phenoxy) is 1. The van der Waals surface area contributed by atoms with Crippen LogP contribution in [0.1, 0.15) is 36.7 Å². The lowest BCUT2D eigenvalue weighted by Gasteiger charge is -2.17.